The lowest BCUT2D eigenvalue weighted by Crippen LogP contribution is -2.41. The van der Waals surface area contributed by atoms with Crippen LogP contribution in [0.5, 0.6) is 0 Å². The van der Waals surface area contributed by atoms with Gasteiger partial charge in [0, 0.05) is 6.04 Å². The van der Waals surface area contributed by atoms with Crippen molar-refractivity contribution in [3.05, 3.63) is 0 Å². The molecule has 92 valence electrons. The Morgan fingerprint density at radius 1 is 1.44 bits per heavy atom. The van der Waals surface area contributed by atoms with Crippen LogP contribution in [0.2, 0.25) is 0 Å². The number of thiocarbonyl (C=S) groups is 1. The van der Waals surface area contributed by atoms with Gasteiger partial charge in [0.2, 0.25) is 0 Å². The third-order valence-electron chi connectivity index (χ3n) is 3.06. The van der Waals surface area contributed by atoms with E-state index in [1.807, 2.05) is 0 Å². The molecule has 2 rings (SSSR count). The molecular formula is C10H17NO4S. The average molecular weight is 247 g/mol. The second-order valence-corrected chi connectivity index (χ2v) is 4.67. The first-order valence-corrected chi connectivity index (χ1v) is 5.98. The Morgan fingerprint density at radius 3 is 2.69 bits per heavy atom. The number of ether oxygens (including phenoxy) is 2. The van der Waals surface area contributed by atoms with E-state index in [0.29, 0.717) is 11.2 Å². The van der Waals surface area contributed by atoms with Gasteiger partial charge in [-0.1, -0.05) is 0 Å². The Balaban J connectivity index is 1.64. The molecule has 3 unspecified atom stereocenters. The van der Waals surface area contributed by atoms with E-state index in [-0.39, 0.29) is 13.2 Å². The van der Waals surface area contributed by atoms with E-state index >= 15 is 0 Å². The zero-order valence-corrected chi connectivity index (χ0v) is 9.78. The molecule has 0 aromatic heterocycles. The lowest BCUT2D eigenvalue weighted by Gasteiger charge is -2.27. The minimum atomic E-state index is -0.883. The number of rotatable bonds is 3. The van der Waals surface area contributed by atoms with Crippen LogP contribution in [0, 0.1) is 0 Å². The van der Waals surface area contributed by atoms with Crippen molar-refractivity contribution in [2.24, 2.45) is 0 Å². The van der Waals surface area contributed by atoms with Crippen LogP contribution < -0.4 is 5.32 Å². The molecule has 3 atom stereocenters. The van der Waals surface area contributed by atoms with Crippen LogP contribution in [0.25, 0.3) is 0 Å². The Hall–Kier alpha value is -0.430. The second kappa shape index (κ2) is 5.27. The first kappa shape index (κ1) is 12.0. The van der Waals surface area contributed by atoms with E-state index in [1.165, 1.54) is 6.42 Å². The van der Waals surface area contributed by atoms with Crippen LogP contribution in [0.3, 0.4) is 0 Å². The predicted molar refractivity (Wildman–Crippen MR) is 61.1 cm³/mol. The van der Waals surface area contributed by atoms with Gasteiger partial charge < -0.3 is 25.0 Å². The van der Waals surface area contributed by atoms with Gasteiger partial charge in [-0.3, -0.25) is 0 Å². The maximum atomic E-state index is 9.49. The molecule has 0 spiro atoms. The summed E-state index contributed by atoms with van der Waals surface area (Å²) >= 11 is 5.00. The normalized spacial score (nSPS) is 34.5. The second-order valence-electron chi connectivity index (χ2n) is 4.30. The highest BCUT2D eigenvalue weighted by atomic mass is 32.1. The minimum Gasteiger partial charge on any atom is -0.468 e. The molecule has 16 heavy (non-hydrogen) atoms. The van der Waals surface area contributed by atoms with Crippen LogP contribution in [0.15, 0.2) is 0 Å². The van der Waals surface area contributed by atoms with Gasteiger partial charge in [0.15, 0.2) is 0 Å². The molecule has 1 heterocycles. The van der Waals surface area contributed by atoms with Crippen LogP contribution in [0.4, 0.5) is 0 Å². The van der Waals surface area contributed by atoms with Crippen molar-refractivity contribution in [3.8, 4) is 0 Å². The van der Waals surface area contributed by atoms with Crippen molar-refractivity contribution in [2.75, 3.05) is 13.2 Å². The molecule has 2 fully saturated rings. The maximum Gasteiger partial charge on any atom is 0.256 e. The summed E-state index contributed by atoms with van der Waals surface area (Å²) in [6, 6.07) is 0.438. The van der Waals surface area contributed by atoms with Crippen LogP contribution in [-0.4, -0.2) is 53.0 Å². The van der Waals surface area contributed by atoms with E-state index in [0.717, 1.165) is 12.8 Å². The molecule has 1 saturated heterocycles. The molecule has 2 aliphatic rings. The van der Waals surface area contributed by atoms with Gasteiger partial charge in [-0.15, -0.1) is 0 Å². The van der Waals surface area contributed by atoms with E-state index < -0.39 is 18.3 Å². The topological polar surface area (TPSA) is 71.0 Å². The minimum absolute atomic E-state index is 0.151. The van der Waals surface area contributed by atoms with Crippen molar-refractivity contribution in [3.63, 3.8) is 0 Å². The quantitative estimate of drug-likeness (QED) is 0.587. The first-order chi connectivity index (χ1) is 7.66. The monoisotopic (exact) mass is 247 g/mol. The fourth-order valence-corrected chi connectivity index (χ4v) is 1.97. The largest absolute Gasteiger partial charge is 0.468 e. The molecule has 0 aromatic rings. The van der Waals surface area contributed by atoms with E-state index in [9.17, 15) is 10.2 Å². The number of hydrogen-bond acceptors (Lipinski definition) is 5. The first-order valence-electron chi connectivity index (χ1n) is 5.58. The summed E-state index contributed by atoms with van der Waals surface area (Å²) in [5, 5.41) is 22.2. The molecule has 1 aliphatic heterocycles. The smallest absolute Gasteiger partial charge is 0.256 e. The van der Waals surface area contributed by atoms with Crippen molar-refractivity contribution in [1.29, 1.82) is 0 Å². The van der Waals surface area contributed by atoms with Gasteiger partial charge in [0.05, 0.1) is 6.61 Å². The fraction of sp³-hybridized carbons (Fsp3) is 0.900. The molecule has 1 aliphatic carbocycles. The highest BCUT2D eigenvalue weighted by molar-refractivity contribution is 7.80. The third kappa shape index (κ3) is 2.82. The summed E-state index contributed by atoms with van der Waals surface area (Å²) in [4.78, 5) is 0. The van der Waals surface area contributed by atoms with Gasteiger partial charge in [-0.2, -0.15) is 0 Å². The highest BCUT2D eigenvalue weighted by Gasteiger charge is 2.35. The van der Waals surface area contributed by atoms with Gasteiger partial charge >= 0.3 is 0 Å². The lowest BCUT2D eigenvalue weighted by molar-refractivity contribution is -0.00321. The van der Waals surface area contributed by atoms with Gasteiger partial charge in [0.1, 0.15) is 24.9 Å². The predicted octanol–water partition coefficient (Wildman–Crippen LogP) is -0.449. The number of hydrogen-bond donors (Lipinski definition) is 3. The molecular weight excluding hydrogens is 230 g/mol. The van der Waals surface area contributed by atoms with Crippen molar-refractivity contribution >= 4 is 17.4 Å². The van der Waals surface area contributed by atoms with E-state index in [1.54, 1.807) is 0 Å². The standard InChI is InChI=1S/C10H17NO4S/c12-7-4-14-8(9(7)13)5-15-10(16)11-6-2-1-3-6/h6-9,12-13H,1-5H2,(H,11,16). The molecule has 5 nitrogen and oxygen atoms in total. The molecule has 3 N–H and O–H groups in total. The van der Waals surface area contributed by atoms with Crippen molar-refractivity contribution in [2.45, 2.75) is 43.6 Å². The molecule has 6 heteroatoms. The van der Waals surface area contributed by atoms with Crippen LogP contribution in [-0.2, 0) is 9.47 Å². The molecule has 0 amide bonds. The summed E-state index contributed by atoms with van der Waals surface area (Å²) in [7, 11) is 0. The average Bonchev–Trinajstić information content (AvgIpc) is 2.51. The molecule has 1 saturated carbocycles. The number of nitrogens with one attached hydrogen (secondary N) is 1. The van der Waals surface area contributed by atoms with Crippen molar-refractivity contribution < 1.29 is 19.7 Å². The third-order valence-corrected chi connectivity index (χ3v) is 3.30. The Morgan fingerprint density at radius 2 is 2.19 bits per heavy atom. The van der Waals surface area contributed by atoms with E-state index in [2.05, 4.69) is 5.32 Å². The van der Waals surface area contributed by atoms with Crippen LogP contribution in [0.1, 0.15) is 19.3 Å². The summed E-state index contributed by atoms with van der Waals surface area (Å²) in [6.07, 6.45) is 1.30. The molecule has 0 aromatic carbocycles. The molecule has 0 radical (unpaired) electrons. The zero-order valence-electron chi connectivity index (χ0n) is 8.96. The highest BCUT2D eigenvalue weighted by Crippen LogP contribution is 2.18. The zero-order chi connectivity index (χ0) is 11.5. The van der Waals surface area contributed by atoms with Crippen molar-refractivity contribution in [1.82, 2.24) is 5.32 Å². The van der Waals surface area contributed by atoms with E-state index in [4.69, 9.17) is 21.7 Å². The van der Waals surface area contributed by atoms with Crippen LogP contribution >= 0.6 is 12.2 Å². The molecule has 0 bridgehead atoms. The lowest BCUT2D eigenvalue weighted by atomic mass is 9.93. The SMILES string of the molecule is OC1COC(COC(=S)NC2CCC2)C1O. The Labute approximate surface area is 99.7 Å². The summed E-state index contributed by atoms with van der Waals surface area (Å²) in [6.45, 7) is 0.328. The summed E-state index contributed by atoms with van der Waals surface area (Å²) in [5.74, 6) is 0. The Kier molecular flexibility index (Phi) is 3.96. The van der Waals surface area contributed by atoms with Gasteiger partial charge in [-0.25, -0.2) is 0 Å². The fourth-order valence-electron chi connectivity index (χ4n) is 1.73. The van der Waals surface area contributed by atoms with Gasteiger partial charge in [-0.05, 0) is 31.5 Å². The summed E-state index contributed by atoms with van der Waals surface area (Å²) < 4.78 is 10.4. The Bertz CT molecular complexity index is 259. The van der Waals surface area contributed by atoms with Gasteiger partial charge in [0.25, 0.3) is 5.17 Å². The number of aliphatic hydroxyl groups excluding tert-OH is 2. The maximum absolute atomic E-state index is 9.49. The summed E-state index contributed by atoms with van der Waals surface area (Å²) in [5.41, 5.74) is 0. The number of aliphatic hydroxyl groups is 2.